The lowest BCUT2D eigenvalue weighted by molar-refractivity contribution is 0.114. The molecule has 4 heteroatoms. The van der Waals surface area contributed by atoms with Gasteiger partial charge in [-0.3, -0.25) is 4.68 Å². The highest BCUT2D eigenvalue weighted by Gasteiger charge is 2.35. The quantitative estimate of drug-likeness (QED) is 0.900. The first kappa shape index (κ1) is 15.5. The molecule has 0 spiro atoms. The van der Waals surface area contributed by atoms with E-state index in [9.17, 15) is 0 Å². The number of hydrogen-bond acceptors (Lipinski definition) is 3. The number of aromatic nitrogens is 3. The van der Waals surface area contributed by atoms with E-state index in [1.807, 2.05) is 11.7 Å². The summed E-state index contributed by atoms with van der Waals surface area (Å²) in [4.78, 5) is 0. The van der Waals surface area contributed by atoms with Crippen LogP contribution in [0, 0.1) is 17.3 Å². The normalized spacial score (nSPS) is 26.1. The van der Waals surface area contributed by atoms with Gasteiger partial charge < -0.3 is 5.32 Å². The van der Waals surface area contributed by atoms with Gasteiger partial charge >= 0.3 is 0 Å². The Morgan fingerprint density at radius 2 is 2.15 bits per heavy atom. The van der Waals surface area contributed by atoms with Gasteiger partial charge in [-0.25, -0.2) is 0 Å². The van der Waals surface area contributed by atoms with Crippen LogP contribution in [0.4, 0.5) is 0 Å². The lowest BCUT2D eigenvalue weighted by Crippen LogP contribution is -2.38. The fourth-order valence-corrected chi connectivity index (χ4v) is 3.44. The molecule has 0 aromatic carbocycles. The second-order valence-corrected chi connectivity index (χ2v) is 7.58. The van der Waals surface area contributed by atoms with Crippen molar-refractivity contribution >= 4 is 0 Å². The number of aryl methyl sites for hydroxylation is 1. The highest BCUT2D eigenvalue weighted by atomic mass is 15.4. The Morgan fingerprint density at radius 1 is 1.40 bits per heavy atom. The van der Waals surface area contributed by atoms with Crippen molar-refractivity contribution in [1.29, 1.82) is 0 Å². The fourth-order valence-electron chi connectivity index (χ4n) is 3.44. The molecule has 2 atom stereocenters. The Labute approximate surface area is 123 Å². The minimum Gasteiger partial charge on any atom is -0.314 e. The highest BCUT2D eigenvalue weighted by Crippen LogP contribution is 2.42. The van der Waals surface area contributed by atoms with Crippen LogP contribution in [0.1, 0.15) is 52.7 Å². The molecule has 1 aromatic heterocycles. The molecule has 1 saturated carbocycles. The van der Waals surface area contributed by atoms with Gasteiger partial charge in [0.05, 0.1) is 5.69 Å². The maximum atomic E-state index is 4.28. The second-order valence-electron chi connectivity index (χ2n) is 7.58. The number of nitrogens with one attached hydrogen (secondary N) is 1. The minimum absolute atomic E-state index is 0.473. The summed E-state index contributed by atoms with van der Waals surface area (Å²) in [5.74, 6) is 1.49. The molecular formula is C16H30N4. The maximum Gasteiger partial charge on any atom is 0.0829 e. The molecule has 2 unspecified atom stereocenters. The summed E-state index contributed by atoms with van der Waals surface area (Å²) in [6.07, 6.45) is 7.11. The molecule has 4 nitrogen and oxygen atoms in total. The van der Waals surface area contributed by atoms with Gasteiger partial charge in [-0.2, -0.15) is 0 Å². The fraction of sp³-hybridized carbons (Fsp3) is 0.875. The Balaban J connectivity index is 2.01. The van der Waals surface area contributed by atoms with Gasteiger partial charge in [0.2, 0.25) is 0 Å². The number of nitrogens with zero attached hydrogens (tertiary/aromatic N) is 3. The topological polar surface area (TPSA) is 42.7 Å². The monoisotopic (exact) mass is 278 g/mol. The summed E-state index contributed by atoms with van der Waals surface area (Å²) in [7, 11) is 1.94. The van der Waals surface area contributed by atoms with E-state index in [4.69, 9.17) is 0 Å². The summed E-state index contributed by atoms with van der Waals surface area (Å²) in [5, 5.41) is 12.0. The molecule has 0 saturated heterocycles. The average molecular weight is 278 g/mol. The first-order valence-electron chi connectivity index (χ1n) is 7.94. The molecule has 0 radical (unpaired) electrons. The molecule has 0 bridgehead atoms. The van der Waals surface area contributed by atoms with E-state index in [1.165, 1.54) is 19.3 Å². The van der Waals surface area contributed by atoms with E-state index in [0.29, 0.717) is 11.5 Å². The Morgan fingerprint density at radius 3 is 2.75 bits per heavy atom. The summed E-state index contributed by atoms with van der Waals surface area (Å²) < 4.78 is 1.81. The predicted octanol–water partition coefficient (Wildman–Crippen LogP) is 2.80. The molecule has 1 aromatic rings. The van der Waals surface area contributed by atoms with E-state index in [2.05, 4.69) is 49.5 Å². The number of rotatable bonds is 5. The zero-order chi connectivity index (χ0) is 14.8. The van der Waals surface area contributed by atoms with Crippen LogP contribution < -0.4 is 5.32 Å². The molecule has 0 amide bonds. The Bertz CT molecular complexity index is 420. The van der Waals surface area contributed by atoms with Crippen molar-refractivity contribution in [3.8, 4) is 0 Å². The summed E-state index contributed by atoms with van der Waals surface area (Å²) >= 11 is 0. The van der Waals surface area contributed by atoms with Crippen molar-refractivity contribution in [1.82, 2.24) is 20.3 Å². The van der Waals surface area contributed by atoms with Crippen molar-refractivity contribution < 1.29 is 0 Å². The van der Waals surface area contributed by atoms with Crippen LogP contribution in [0.5, 0.6) is 0 Å². The molecule has 0 aliphatic heterocycles. The first-order chi connectivity index (χ1) is 9.35. The van der Waals surface area contributed by atoms with Crippen molar-refractivity contribution in [2.24, 2.45) is 24.3 Å². The molecular weight excluding hydrogens is 248 g/mol. The van der Waals surface area contributed by atoms with Gasteiger partial charge in [0.1, 0.15) is 0 Å². The van der Waals surface area contributed by atoms with Gasteiger partial charge in [0, 0.05) is 19.3 Å². The van der Waals surface area contributed by atoms with Gasteiger partial charge in [0.15, 0.2) is 0 Å². The van der Waals surface area contributed by atoms with E-state index in [0.717, 1.165) is 30.5 Å². The molecule has 20 heavy (non-hydrogen) atoms. The van der Waals surface area contributed by atoms with E-state index < -0.39 is 0 Å². The Kier molecular flexibility index (Phi) is 4.84. The molecule has 2 rings (SSSR count). The SMILES string of the molecule is CC(C)NCC1CCC(C)(C)CC1Cc1cn(C)nn1. The van der Waals surface area contributed by atoms with Crippen LogP contribution in [-0.4, -0.2) is 27.6 Å². The average Bonchev–Trinajstić information content (AvgIpc) is 2.72. The van der Waals surface area contributed by atoms with Crippen molar-refractivity contribution in [3.63, 3.8) is 0 Å². The zero-order valence-electron chi connectivity index (χ0n) is 13.7. The van der Waals surface area contributed by atoms with Crippen LogP contribution in [0.25, 0.3) is 0 Å². The van der Waals surface area contributed by atoms with E-state index in [1.54, 1.807) is 0 Å². The summed E-state index contributed by atoms with van der Waals surface area (Å²) in [6, 6.07) is 0.571. The molecule has 1 fully saturated rings. The van der Waals surface area contributed by atoms with Crippen LogP contribution >= 0.6 is 0 Å². The third-order valence-electron chi connectivity index (χ3n) is 4.58. The smallest absolute Gasteiger partial charge is 0.0829 e. The number of hydrogen-bond donors (Lipinski definition) is 1. The molecule has 1 heterocycles. The van der Waals surface area contributed by atoms with Crippen LogP contribution in [0.3, 0.4) is 0 Å². The van der Waals surface area contributed by atoms with Crippen LogP contribution in [0.2, 0.25) is 0 Å². The largest absolute Gasteiger partial charge is 0.314 e. The summed E-state index contributed by atoms with van der Waals surface area (Å²) in [5.41, 5.74) is 1.62. The Hall–Kier alpha value is -0.900. The standard InChI is InChI=1S/C16H30N4/c1-12(2)17-10-13-6-7-16(3,4)9-14(13)8-15-11-20(5)19-18-15/h11-14,17H,6-10H2,1-5H3. The van der Waals surface area contributed by atoms with Gasteiger partial charge in [0.25, 0.3) is 0 Å². The summed E-state index contributed by atoms with van der Waals surface area (Å²) in [6.45, 7) is 10.4. The second kappa shape index (κ2) is 6.25. The van der Waals surface area contributed by atoms with Crippen molar-refractivity contribution in [2.45, 2.75) is 59.4 Å². The third-order valence-corrected chi connectivity index (χ3v) is 4.58. The van der Waals surface area contributed by atoms with E-state index in [-0.39, 0.29) is 0 Å². The van der Waals surface area contributed by atoms with Crippen molar-refractivity contribution in [2.75, 3.05) is 6.54 Å². The van der Waals surface area contributed by atoms with Gasteiger partial charge in [-0.1, -0.05) is 32.9 Å². The third kappa shape index (κ3) is 4.30. The molecule has 1 N–H and O–H groups in total. The lowest BCUT2D eigenvalue weighted by Gasteiger charge is -2.41. The lowest BCUT2D eigenvalue weighted by atomic mass is 9.66. The maximum absolute atomic E-state index is 4.28. The highest BCUT2D eigenvalue weighted by molar-refractivity contribution is 4.98. The van der Waals surface area contributed by atoms with E-state index >= 15 is 0 Å². The zero-order valence-corrected chi connectivity index (χ0v) is 13.7. The molecule has 114 valence electrons. The van der Waals surface area contributed by atoms with Crippen LogP contribution in [0.15, 0.2) is 6.20 Å². The van der Waals surface area contributed by atoms with Crippen LogP contribution in [-0.2, 0) is 13.5 Å². The van der Waals surface area contributed by atoms with Gasteiger partial charge in [-0.05, 0) is 49.5 Å². The minimum atomic E-state index is 0.473. The first-order valence-corrected chi connectivity index (χ1v) is 7.94. The van der Waals surface area contributed by atoms with Crippen molar-refractivity contribution in [3.05, 3.63) is 11.9 Å². The molecule has 1 aliphatic carbocycles. The predicted molar refractivity (Wildman–Crippen MR) is 82.5 cm³/mol. The molecule has 1 aliphatic rings. The van der Waals surface area contributed by atoms with Gasteiger partial charge in [-0.15, -0.1) is 5.10 Å².